The average Bonchev–Trinajstić information content (AvgIpc) is 3.02. The molecule has 0 spiro atoms. The van der Waals surface area contributed by atoms with E-state index in [1.165, 1.54) is 19.1 Å². The highest BCUT2D eigenvalue weighted by Gasteiger charge is 2.16. The minimum absolute atomic E-state index is 0.260. The Balaban J connectivity index is 1.41. The molecule has 0 bridgehead atoms. The van der Waals surface area contributed by atoms with E-state index in [4.69, 9.17) is 23.7 Å². The van der Waals surface area contributed by atoms with E-state index in [0.717, 1.165) is 17.2 Å². The number of carbonyl (C=O) groups is 4. The summed E-state index contributed by atoms with van der Waals surface area (Å²) in [5.41, 5.74) is 1.88. The smallest absolute Gasteiger partial charge is 0.343 e. The molecule has 9 nitrogen and oxygen atoms in total. The minimum atomic E-state index is -0.587. The first-order valence-electron chi connectivity index (χ1n) is 14.1. The second-order valence-electron chi connectivity index (χ2n) is 10.2. The summed E-state index contributed by atoms with van der Waals surface area (Å²) in [7, 11) is 0. The molecule has 0 aliphatic rings. The van der Waals surface area contributed by atoms with Crippen LogP contribution in [0.1, 0.15) is 53.5 Å². The number of aryl methyl sites for hydroxylation is 1. The van der Waals surface area contributed by atoms with Crippen LogP contribution < -0.4 is 18.9 Å². The van der Waals surface area contributed by atoms with Crippen molar-refractivity contribution in [2.75, 3.05) is 6.79 Å². The molecule has 0 saturated carbocycles. The van der Waals surface area contributed by atoms with Crippen molar-refractivity contribution in [3.63, 3.8) is 0 Å². The molecule has 4 rings (SSSR count). The summed E-state index contributed by atoms with van der Waals surface area (Å²) in [6, 6.07) is 21.2. The summed E-state index contributed by atoms with van der Waals surface area (Å²) >= 11 is 0. The molecule has 0 N–H and O–H groups in total. The SMILES string of the molecule is C=C(C)C(=O)OCOc1ccc(C(=O)Oc2ccc(OC(=O)c3ccc4cc(OC(=O)C(=C)C)ccc4c3)c(CCC)c2)cc1. The van der Waals surface area contributed by atoms with Crippen LogP contribution in [0.25, 0.3) is 10.8 Å². The van der Waals surface area contributed by atoms with Crippen LogP contribution in [0.4, 0.5) is 0 Å². The molecule has 230 valence electrons. The van der Waals surface area contributed by atoms with Crippen LogP contribution in [0.15, 0.2) is 103 Å². The second-order valence-corrected chi connectivity index (χ2v) is 10.2. The number of ether oxygens (including phenoxy) is 5. The second kappa shape index (κ2) is 14.7. The van der Waals surface area contributed by atoms with Gasteiger partial charge >= 0.3 is 23.9 Å². The van der Waals surface area contributed by atoms with Crippen LogP contribution in [0.2, 0.25) is 0 Å². The lowest BCUT2D eigenvalue weighted by Gasteiger charge is -2.13. The number of hydrogen-bond donors (Lipinski definition) is 0. The predicted molar refractivity (Wildman–Crippen MR) is 168 cm³/mol. The normalized spacial score (nSPS) is 10.5. The van der Waals surface area contributed by atoms with Crippen LogP contribution in [0.5, 0.6) is 23.0 Å². The Hall–Kier alpha value is -5.70. The average molecular weight is 609 g/mol. The molecule has 0 atom stereocenters. The highest BCUT2D eigenvalue weighted by Crippen LogP contribution is 2.28. The van der Waals surface area contributed by atoms with Gasteiger partial charge in [0.25, 0.3) is 0 Å². The van der Waals surface area contributed by atoms with Crippen molar-refractivity contribution in [3.8, 4) is 23.0 Å². The number of esters is 4. The molecule has 0 heterocycles. The Kier molecular flexibility index (Phi) is 10.5. The summed E-state index contributed by atoms with van der Waals surface area (Å²) in [5.74, 6) is -0.781. The number of carbonyl (C=O) groups excluding carboxylic acids is 4. The van der Waals surface area contributed by atoms with Crippen LogP contribution in [-0.2, 0) is 20.7 Å². The van der Waals surface area contributed by atoms with Gasteiger partial charge in [-0.25, -0.2) is 19.2 Å². The number of benzene rings is 4. The molecular formula is C36H32O9. The summed E-state index contributed by atoms with van der Waals surface area (Å²) in [4.78, 5) is 49.1. The lowest BCUT2D eigenvalue weighted by atomic mass is 10.1. The molecule has 4 aromatic carbocycles. The molecule has 0 radical (unpaired) electrons. The van der Waals surface area contributed by atoms with Crippen molar-refractivity contribution < 1.29 is 42.9 Å². The van der Waals surface area contributed by atoms with Gasteiger partial charge in [0, 0.05) is 11.1 Å². The van der Waals surface area contributed by atoms with Crippen molar-refractivity contribution in [3.05, 3.63) is 120 Å². The third-order valence-electron chi connectivity index (χ3n) is 6.43. The van der Waals surface area contributed by atoms with E-state index in [0.29, 0.717) is 46.1 Å². The molecule has 45 heavy (non-hydrogen) atoms. The van der Waals surface area contributed by atoms with Gasteiger partial charge in [-0.1, -0.05) is 38.6 Å². The van der Waals surface area contributed by atoms with E-state index < -0.39 is 23.9 Å². The largest absolute Gasteiger partial charge is 0.457 e. The summed E-state index contributed by atoms with van der Waals surface area (Å²) in [5, 5.41) is 1.55. The van der Waals surface area contributed by atoms with Crippen molar-refractivity contribution >= 4 is 34.6 Å². The van der Waals surface area contributed by atoms with E-state index in [2.05, 4.69) is 13.2 Å². The standard InChI is InChI=1S/C36H32O9/c1-6-7-27-20-31(44-35(39)24-10-13-29(14-11-24)41-21-42-33(37)22(2)3)16-17-32(27)45-36(40)28-9-8-26-19-30(15-12-25(26)18-28)43-34(38)23(4)5/h8-20H,2,4,6-7,21H2,1,3,5H3. The van der Waals surface area contributed by atoms with E-state index in [1.54, 1.807) is 73.7 Å². The van der Waals surface area contributed by atoms with Gasteiger partial charge in [-0.05, 0) is 103 Å². The Morgan fingerprint density at radius 2 is 1.20 bits per heavy atom. The fourth-order valence-electron chi connectivity index (χ4n) is 4.08. The lowest BCUT2D eigenvalue weighted by Crippen LogP contribution is -2.12. The summed E-state index contributed by atoms with van der Waals surface area (Å²) in [6.45, 7) is 11.9. The Morgan fingerprint density at radius 3 is 1.89 bits per heavy atom. The third-order valence-corrected chi connectivity index (χ3v) is 6.43. The number of rotatable bonds is 12. The van der Waals surface area contributed by atoms with Crippen LogP contribution in [0.3, 0.4) is 0 Å². The van der Waals surface area contributed by atoms with E-state index >= 15 is 0 Å². The van der Waals surface area contributed by atoms with Gasteiger partial charge in [0.05, 0.1) is 11.1 Å². The maximum atomic E-state index is 13.1. The highest BCUT2D eigenvalue weighted by molar-refractivity contribution is 5.97. The third kappa shape index (κ3) is 8.67. The van der Waals surface area contributed by atoms with E-state index in [-0.39, 0.29) is 17.9 Å². The van der Waals surface area contributed by atoms with E-state index in [1.807, 2.05) is 6.92 Å². The highest BCUT2D eigenvalue weighted by atomic mass is 16.7. The number of hydrogen-bond acceptors (Lipinski definition) is 9. The van der Waals surface area contributed by atoms with Crippen molar-refractivity contribution in [1.82, 2.24) is 0 Å². The monoisotopic (exact) mass is 608 g/mol. The summed E-state index contributed by atoms with van der Waals surface area (Å²) < 4.78 is 26.8. The first-order valence-corrected chi connectivity index (χ1v) is 14.1. The molecule has 4 aromatic rings. The molecule has 0 fully saturated rings. The van der Waals surface area contributed by atoms with Crippen LogP contribution in [0, 0.1) is 0 Å². The van der Waals surface area contributed by atoms with Gasteiger partial charge in [-0.2, -0.15) is 0 Å². The Bertz CT molecular complexity index is 1780. The van der Waals surface area contributed by atoms with E-state index in [9.17, 15) is 19.2 Å². The molecule has 0 saturated heterocycles. The van der Waals surface area contributed by atoms with Gasteiger partial charge in [-0.3, -0.25) is 0 Å². The summed E-state index contributed by atoms with van der Waals surface area (Å²) in [6.07, 6.45) is 1.35. The zero-order valence-corrected chi connectivity index (χ0v) is 25.2. The maximum absolute atomic E-state index is 13.1. The predicted octanol–water partition coefficient (Wildman–Crippen LogP) is 7.17. The molecule has 0 amide bonds. The quantitative estimate of drug-likeness (QED) is 0.0715. The number of fused-ring (bicyclic) bond motifs is 1. The van der Waals surface area contributed by atoms with Gasteiger partial charge in [0.2, 0.25) is 6.79 Å². The van der Waals surface area contributed by atoms with Crippen molar-refractivity contribution in [1.29, 1.82) is 0 Å². The van der Waals surface area contributed by atoms with Crippen LogP contribution >= 0.6 is 0 Å². The minimum Gasteiger partial charge on any atom is -0.457 e. The zero-order chi connectivity index (χ0) is 32.5. The molecule has 0 aliphatic carbocycles. The van der Waals surface area contributed by atoms with Gasteiger partial charge in [-0.15, -0.1) is 0 Å². The fraction of sp³-hybridized carbons (Fsp3) is 0.167. The van der Waals surface area contributed by atoms with Crippen molar-refractivity contribution in [2.45, 2.75) is 33.6 Å². The Labute approximate surface area is 260 Å². The van der Waals surface area contributed by atoms with Crippen LogP contribution in [-0.4, -0.2) is 30.7 Å². The fourth-order valence-corrected chi connectivity index (χ4v) is 4.08. The molecule has 0 unspecified atom stereocenters. The lowest BCUT2D eigenvalue weighted by molar-refractivity contribution is -0.145. The maximum Gasteiger partial charge on any atom is 0.343 e. The Morgan fingerprint density at radius 1 is 0.622 bits per heavy atom. The molecule has 0 aromatic heterocycles. The zero-order valence-electron chi connectivity index (χ0n) is 25.2. The molecule has 9 heteroatoms. The van der Waals surface area contributed by atoms with Gasteiger partial charge in [0.15, 0.2) is 0 Å². The first-order chi connectivity index (χ1) is 21.5. The topological polar surface area (TPSA) is 114 Å². The van der Waals surface area contributed by atoms with Gasteiger partial charge in [0.1, 0.15) is 23.0 Å². The van der Waals surface area contributed by atoms with Gasteiger partial charge < -0.3 is 23.7 Å². The first kappa shape index (κ1) is 32.2. The molecule has 0 aliphatic heterocycles. The molecular weight excluding hydrogens is 576 g/mol. The van der Waals surface area contributed by atoms with Crippen molar-refractivity contribution in [2.24, 2.45) is 0 Å².